The van der Waals surface area contributed by atoms with Gasteiger partial charge in [-0.15, -0.1) is 0 Å². The van der Waals surface area contributed by atoms with E-state index in [1.807, 2.05) is 12.1 Å². The Hall–Kier alpha value is -2.73. The van der Waals surface area contributed by atoms with E-state index in [0.717, 1.165) is 5.52 Å². The van der Waals surface area contributed by atoms with Gasteiger partial charge in [0, 0.05) is 11.6 Å². The minimum atomic E-state index is -1.15. The average molecular weight is 390 g/mol. The Labute approximate surface area is 161 Å². The van der Waals surface area contributed by atoms with Crippen LogP contribution in [0.3, 0.4) is 0 Å². The summed E-state index contributed by atoms with van der Waals surface area (Å²) in [5.74, 6) is -0.381. The fraction of sp³-hybridized carbons (Fsp3) is 0.300. The maximum Gasteiger partial charge on any atom is 0.419 e. The molecule has 0 bridgehead atoms. The van der Waals surface area contributed by atoms with Crippen molar-refractivity contribution in [2.45, 2.75) is 32.4 Å². The molecule has 3 rings (SSSR count). The Morgan fingerprint density at radius 3 is 2.59 bits per heavy atom. The second-order valence-electron chi connectivity index (χ2n) is 6.54. The fourth-order valence-electron chi connectivity index (χ4n) is 2.63. The van der Waals surface area contributed by atoms with Gasteiger partial charge < -0.3 is 13.9 Å². The number of fused-ring (bicyclic) bond motifs is 1. The first-order valence-electron chi connectivity index (χ1n) is 8.57. The highest BCUT2D eigenvalue weighted by atomic mass is 35.5. The van der Waals surface area contributed by atoms with E-state index in [4.69, 9.17) is 25.5 Å². The summed E-state index contributed by atoms with van der Waals surface area (Å²) < 4.78 is 17.7. The number of rotatable bonds is 7. The number of benzene rings is 2. The summed E-state index contributed by atoms with van der Waals surface area (Å²) in [5.41, 5.74) is 0.115. The van der Waals surface area contributed by atoms with E-state index in [1.165, 1.54) is 4.57 Å². The number of aromatic nitrogens is 1. The van der Waals surface area contributed by atoms with Crippen LogP contribution in [0, 0.1) is 0 Å². The van der Waals surface area contributed by atoms with Gasteiger partial charge in [0.1, 0.15) is 5.75 Å². The average Bonchev–Trinajstić information content (AvgIpc) is 2.95. The van der Waals surface area contributed by atoms with Crippen LogP contribution < -0.4 is 10.5 Å². The van der Waals surface area contributed by atoms with E-state index in [0.29, 0.717) is 29.3 Å². The lowest BCUT2D eigenvalue weighted by Crippen LogP contribution is -2.40. The third-order valence-electron chi connectivity index (χ3n) is 4.01. The second-order valence-corrected chi connectivity index (χ2v) is 6.98. The Kier molecular flexibility index (Phi) is 5.56. The number of halogens is 1. The summed E-state index contributed by atoms with van der Waals surface area (Å²) in [5, 5.41) is 0.588. The molecule has 0 unspecified atom stereocenters. The molecular formula is C20H20ClNO5. The van der Waals surface area contributed by atoms with Crippen LogP contribution in [0.25, 0.3) is 11.1 Å². The molecule has 3 aromatic rings. The minimum absolute atomic E-state index is 0.165. The van der Waals surface area contributed by atoms with Gasteiger partial charge in [-0.1, -0.05) is 23.7 Å². The van der Waals surface area contributed by atoms with Crippen LogP contribution >= 0.6 is 11.6 Å². The number of ether oxygens (including phenoxy) is 2. The number of nitrogens with zero attached hydrogens (tertiary/aromatic N) is 1. The quantitative estimate of drug-likeness (QED) is 0.450. The highest BCUT2D eigenvalue weighted by Gasteiger charge is 2.31. The molecule has 0 aliphatic carbocycles. The van der Waals surface area contributed by atoms with Crippen molar-refractivity contribution in [2.24, 2.45) is 0 Å². The van der Waals surface area contributed by atoms with Gasteiger partial charge in [0.15, 0.2) is 11.2 Å². The van der Waals surface area contributed by atoms with E-state index < -0.39 is 17.3 Å². The van der Waals surface area contributed by atoms with Crippen molar-refractivity contribution in [1.29, 1.82) is 0 Å². The molecule has 1 heterocycles. The van der Waals surface area contributed by atoms with E-state index in [9.17, 15) is 9.59 Å². The van der Waals surface area contributed by atoms with Crippen LogP contribution in [-0.4, -0.2) is 22.7 Å². The molecule has 0 radical (unpaired) electrons. The molecule has 0 spiro atoms. The number of hydrogen-bond acceptors (Lipinski definition) is 5. The molecule has 2 aromatic carbocycles. The van der Waals surface area contributed by atoms with Crippen molar-refractivity contribution < 1.29 is 18.7 Å². The van der Waals surface area contributed by atoms with Gasteiger partial charge in [0.25, 0.3) is 0 Å². The molecule has 0 N–H and O–H groups in total. The van der Waals surface area contributed by atoms with Crippen LogP contribution in [0.1, 0.15) is 20.3 Å². The zero-order valence-electron chi connectivity index (χ0n) is 15.1. The van der Waals surface area contributed by atoms with Crippen LogP contribution in [-0.2, 0) is 16.1 Å². The lowest BCUT2D eigenvalue weighted by Gasteiger charge is -2.24. The van der Waals surface area contributed by atoms with Crippen molar-refractivity contribution in [2.75, 3.05) is 6.61 Å². The Morgan fingerprint density at radius 1 is 1.15 bits per heavy atom. The predicted molar refractivity (Wildman–Crippen MR) is 102 cm³/mol. The molecule has 0 saturated heterocycles. The maximum atomic E-state index is 12.3. The summed E-state index contributed by atoms with van der Waals surface area (Å²) in [6, 6.07) is 13.9. The third kappa shape index (κ3) is 4.52. The molecule has 0 atom stereocenters. The first kappa shape index (κ1) is 19.0. The van der Waals surface area contributed by atoms with Gasteiger partial charge in [0.05, 0.1) is 12.1 Å². The van der Waals surface area contributed by atoms with Crippen LogP contribution in [0.2, 0.25) is 5.02 Å². The largest absolute Gasteiger partial charge is 0.476 e. The first-order chi connectivity index (χ1) is 12.9. The Morgan fingerprint density at radius 2 is 1.85 bits per heavy atom. The van der Waals surface area contributed by atoms with Crippen molar-refractivity contribution >= 4 is 28.7 Å². The lowest BCUT2D eigenvalue weighted by atomic mass is 10.1. The summed E-state index contributed by atoms with van der Waals surface area (Å²) in [7, 11) is 0. The molecule has 1 aromatic heterocycles. The molecule has 0 amide bonds. The zero-order chi connectivity index (χ0) is 19.4. The fourth-order valence-corrected chi connectivity index (χ4v) is 2.75. The number of carbonyl (C=O) groups excluding carboxylic acids is 1. The molecular weight excluding hydrogens is 370 g/mol. The smallest absolute Gasteiger partial charge is 0.419 e. The normalized spacial score (nSPS) is 11.5. The van der Waals surface area contributed by atoms with Crippen molar-refractivity contribution in [3.8, 4) is 5.75 Å². The molecule has 6 nitrogen and oxygen atoms in total. The van der Waals surface area contributed by atoms with E-state index >= 15 is 0 Å². The van der Waals surface area contributed by atoms with E-state index in [-0.39, 0.29) is 6.61 Å². The zero-order valence-corrected chi connectivity index (χ0v) is 15.9. The summed E-state index contributed by atoms with van der Waals surface area (Å²) in [4.78, 5) is 24.2. The molecule has 142 valence electrons. The SMILES string of the molecule is CC(C)(Oc1ccc(Cl)cc1)C(=O)OCCCn1c(=O)oc2ccccc21. The van der Waals surface area contributed by atoms with Gasteiger partial charge in [0.2, 0.25) is 0 Å². The second kappa shape index (κ2) is 7.88. The van der Waals surface area contributed by atoms with Crippen molar-refractivity contribution in [3.05, 3.63) is 64.1 Å². The number of esters is 1. The van der Waals surface area contributed by atoms with Gasteiger partial charge in [-0.2, -0.15) is 0 Å². The van der Waals surface area contributed by atoms with Crippen molar-refractivity contribution in [1.82, 2.24) is 4.57 Å². The Balaban J connectivity index is 1.53. The number of hydrogen-bond donors (Lipinski definition) is 0. The molecule has 7 heteroatoms. The van der Waals surface area contributed by atoms with E-state index in [2.05, 4.69) is 0 Å². The summed E-state index contributed by atoms with van der Waals surface area (Å²) in [6.07, 6.45) is 0.478. The van der Waals surface area contributed by atoms with Crippen LogP contribution in [0.5, 0.6) is 5.75 Å². The van der Waals surface area contributed by atoms with Crippen LogP contribution in [0.15, 0.2) is 57.7 Å². The monoisotopic (exact) mass is 389 g/mol. The highest BCUT2D eigenvalue weighted by molar-refractivity contribution is 6.30. The standard InChI is InChI=1S/C20H20ClNO5/c1-20(2,27-15-10-8-14(21)9-11-15)18(23)25-13-5-12-22-16-6-3-4-7-17(16)26-19(22)24/h3-4,6-11H,5,12-13H2,1-2H3. The number of carbonyl (C=O) groups is 1. The van der Waals surface area contributed by atoms with E-state index in [1.54, 1.807) is 50.2 Å². The molecule has 27 heavy (non-hydrogen) atoms. The topological polar surface area (TPSA) is 70.7 Å². The summed E-state index contributed by atoms with van der Waals surface area (Å²) >= 11 is 5.84. The summed E-state index contributed by atoms with van der Waals surface area (Å²) in [6.45, 7) is 3.83. The number of para-hydroxylation sites is 2. The van der Waals surface area contributed by atoms with Gasteiger partial charge in [-0.25, -0.2) is 9.59 Å². The van der Waals surface area contributed by atoms with Gasteiger partial charge in [-0.3, -0.25) is 4.57 Å². The molecule has 0 fully saturated rings. The molecule has 0 saturated carbocycles. The van der Waals surface area contributed by atoms with Crippen LogP contribution in [0.4, 0.5) is 0 Å². The van der Waals surface area contributed by atoms with Gasteiger partial charge >= 0.3 is 11.7 Å². The Bertz CT molecular complexity index is 988. The highest BCUT2D eigenvalue weighted by Crippen LogP contribution is 2.22. The van der Waals surface area contributed by atoms with Gasteiger partial charge in [-0.05, 0) is 56.7 Å². The number of oxazole rings is 1. The number of aryl methyl sites for hydroxylation is 1. The maximum absolute atomic E-state index is 12.3. The van der Waals surface area contributed by atoms with Crippen molar-refractivity contribution in [3.63, 3.8) is 0 Å². The third-order valence-corrected chi connectivity index (χ3v) is 4.26. The first-order valence-corrected chi connectivity index (χ1v) is 8.95. The molecule has 0 aliphatic heterocycles. The predicted octanol–water partition coefficient (Wildman–Crippen LogP) is 4.04. The molecule has 0 aliphatic rings. The lowest BCUT2D eigenvalue weighted by molar-refractivity contribution is -0.159. The minimum Gasteiger partial charge on any atom is -0.476 e.